The summed E-state index contributed by atoms with van der Waals surface area (Å²) >= 11 is 0. The molecule has 1 saturated carbocycles. The number of hydrogen-bond acceptors (Lipinski definition) is 1. The van der Waals surface area contributed by atoms with E-state index in [2.05, 4.69) is 26.1 Å². The van der Waals surface area contributed by atoms with Crippen LogP contribution in [0.5, 0.6) is 0 Å². The summed E-state index contributed by atoms with van der Waals surface area (Å²) in [5, 5.41) is 3.79. The summed E-state index contributed by atoms with van der Waals surface area (Å²) in [5.74, 6) is 1.25. The Labute approximate surface area is 116 Å². The standard InChI is InChI=1S/C17H26FN/c1-4-13-5-10-16(11-13)19-17(12(2)3)14-6-8-15(18)9-7-14/h6-9,12-13,16-17,19H,4-5,10-11H2,1-3H3. The third-order valence-corrected chi connectivity index (χ3v) is 4.43. The molecule has 1 aromatic carbocycles. The predicted octanol–water partition coefficient (Wildman–Crippen LogP) is 4.69. The first-order valence-corrected chi connectivity index (χ1v) is 7.61. The Morgan fingerprint density at radius 3 is 2.42 bits per heavy atom. The molecule has 3 atom stereocenters. The van der Waals surface area contributed by atoms with Gasteiger partial charge in [-0.2, -0.15) is 0 Å². The van der Waals surface area contributed by atoms with Crippen molar-refractivity contribution < 1.29 is 4.39 Å². The van der Waals surface area contributed by atoms with Gasteiger partial charge in [0.05, 0.1) is 0 Å². The minimum Gasteiger partial charge on any atom is -0.307 e. The molecular formula is C17H26FN. The van der Waals surface area contributed by atoms with Crippen LogP contribution >= 0.6 is 0 Å². The quantitative estimate of drug-likeness (QED) is 0.812. The number of hydrogen-bond donors (Lipinski definition) is 1. The molecule has 0 aromatic heterocycles. The van der Waals surface area contributed by atoms with Gasteiger partial charge in [-0.05, 0) is 48.8 Å². The van der Waals surface area contributed by atoms with Gasteiger partial charge in [-0.25, -0.2) is 4.39 Å². The molecule has 0 radical (unpaired) electrons. The van der Waals surface area contributed by atoms with Crippen LogP contribution in [0.3, 0.4) is 0 Å². The van der Waals surface area contributed by atoms with Gasteiger partial charge in [0, 0.05) is 12.1 Å². The number of benzene rings is 1. The molecule has 2 rings (SSSR count). The third kappa shape index (κ3) is 3.79. The number of halogens is 1. The molecule has 0 saturated heterocycles. The average molecular weight is 263 g/mol. The van der Waals surface area contributed by atoms with E-state index in [0.29, 0.717) is 18.0 Å². The fourth-order valence-electron chi connectivity index (χ4n) is 3.19. The molecule has 1 aliphatic rings. The molecule has 0 heterocycles. The fraction of sp³-hybridized carbons (Fsp3) is 0.647. The molecule has 2 heteroatoms. The average Bonchev–Trinajstić information content (AvgIpc) is 2.85. The van der Waals surface area contributed by atoms with E-state index >= 15 is 0 Å². The molecule has 0 bridgehead atoms. The van der Waals surface area contributed by atoms with Crippen molar-refractivity contribution in [1.82, 2.24) is 5.32 Å². The number of rotatable bonds is 5. The maximum absolute atomic E-state index is 13.0. The minimum absolute atomic E-state index is 0.154. The molecule has 1 aliphatic carbocycles. The second-order valence-electron chi connectivity index (χ2n) is 6.22. The summed E-state index contributed by atoms with van der Waals surface area (Å²) in [7, 11) is 0. The van der Waals surface area contributed by atoms with Crippen LogP contribution < -0.4 is 5.32 Å². The predicted molar refractivity (Wildman–Crippen MR) is 78.5 cm³/mol. The van der Waals surface area contributed by atoms with Crippen LogP contribution in [0.15, 0.2) is 24.3 Å². The first-order valence-electron chi connectivity index (χ1n) is 7.61. The summed E-state index contributed by atoms with van der Waals surface area (Å²) in [4.78, 5) is 0. The lowest BCUT2D eigenvalue weighted by molar-refractivity contribution is 0.353. The molecule has 1 aromatic rings. The summed E-state index contributed by atoms with van der Waals surface area (Å²) in [6, 6.07) is 7.92. The first-order chi connectivity index (χ1) is 9.10. The van der Waals surface area contributed by atoms with Crippen LogP contribution in [0.4, 0.5) is 4.39 Å². The van der Waals surface area contributed by atoms with Crippen LogP contribution in [0.25, 0.3) is 0 Å². The number of nitrogens with one attached hydrogen (secondary N) is 1. The Morgan fingerprint density at radius 2 is 1.89 bits per heavy atom. The Kier molecular flexibility index (Phi) is 4.98. The van der Waals surface area contributed by atoms with Gasteiger partial charge >= 0.3 is 0 Å². The Bertz CT molecular complexity index is 385. The second-order valence-corrected chi connectivity index (χ2v) is 6.22. The highest BCUT2D eigenvalue weighted by Crippen LogP contribution is 2.31. The summed E-state index contributed by atoms with van der Waals surface area (Å²) in [5.41, 5.74) is 1.20. The maximum atomic E-state index is 13.0. The van der Waals surface area contributed by atoms with Crippen molar-refractivity contribution in [3.63, 3.8) is 0 Å². The molecule has 3 unspecified atom stereocenters. The van der Waals surface area contributed by atoms with Crippen LogP contribution in [0, 0.1) is 17.7 Å². The molecule has 0 amide bonds. The monoisotopic (exact) mass is 263 g/mol. The lowest BCUT2D eigenvalue weighted by Gasteiger charge is -2.27. The van der Waals surface area contributed by atoms with E-state index in [9.17, 15) is 4.39 Å². The highest BCUT2D eigenvalue weighted by molar-refractivity contribution is 5.20. The zero-order valence-corrected chi connectivity index (χ0v) is 12.3. The van der Waals surface area contributed by atoms with Crippen molar-refractivity contribution in [2.24, 2.45) is 11.8 Å². The van der Waals surface area contributed by atoms with Crippen LogP contribution in [0.1, 0.15) is 58.1 Å². The zero-order valence-electron chi connectivity index (χ0n) is 12.3. The highest BCUT2D eigenvalue weighted by atomic mass is 19.1. The van der Waals surface area contributed by atoms with Crippen molar-refractivity contribution in [3.05, 3.63) is 35.6 Å². The van der Waals surface area contributed by atoms with Gasteiger partial charge in [0.1, 0.15) is 5.82 Å². The summed E-state index contributed by atoms with van der Waals surface area (Å²) < 4.78 is 13.0. The maximum Gasteiger partial charge on any atom is 0.123 e. The minimum atomic E-state index is -0.154. The van der Waals surface area contributed by atoms with E-state index in [1.807, 2.05) is 12.1 Å². The Balaban J connectivity index is 2.03. The van der Waals surface area contributed by atoms with Crippen molar-refractivity contribution in [1.29, 1.82) is 0 Å². The second kappa shape index (κ2) is 6.51. The molecule has 1 fully saturated rings. The van der Waals surface area contributed by atoms with Crippen molar-refractivity contribution in [2.45, 2.75) is 58.5 Å². The summed E-state index contributed by atoms with van der Waals surface area (Å²) in [6.45, 7) is 6.74. The fourth-order valence-corrected chi connectivity index (χ4v) is 3.19. The molecule has 0 aliphatic heterocycles. The lowest BCUT2D eigenvalue weighted by atomic mass is 9.94. The van der Waals surface area contributed by atoms with E-state index in [0.717, 1.165) is 5.92 Å². The first kappa shape index (κ1) is 14.5. The topological polar surface area (TPSA) is 12.0 Å². The van der Waals surface area contributed by atoms with Gasteiger partial charge in [0.25, 0.3) is 0 Å². The van der Waals surface area contributed by atoms with Gasteiger partial charge in [0.2, 0.25) is 0 Å². The van der Waals surface area contributed by atoms with Gasteiger partial charge in [-0.15, -0.1) is 0 Å². The zero-order chi connectivity index (χ0) is 13.8. The molecule has 1 nitrogen and oxygen atoms in total. The smallest absolute Gasteiger partial charge is 0.123 e. The van der Waals surface area contributed by atoms with E-state index < -0.39 is 0 Å². The highest BCUT2D eigenvalue weighted by Gasteiger charge is 2.26. The largest absolute Gasteiger partial charge is 0.307 e. The molecule has 19 heavy (non-hydrogen) atoms. The van der Waals surface area contributed by atoms with Crippen molar-refractivity contribution in [3.8, 4) is 0 Å². The van der Waals surface area contributed by atoms with Gasteiger partial charge in [-0.1, -0.05) is 39.3 Å². The molecule has 0 spiro atoms. The van der Waals surface area contributed by atoms with E-state index in [1.54, 1.807) is 12.1 Å². The molecule has 106 valence electrons. The molecular weight excluding hydrogens is 237 g/mol. The van der Waals surface area contributed by atoms with E-state index in [1.165, 1.54) is 31.2 Å². The van der Waals surface area contributed by atoms with Crippen molar-refractivity contribution in [2.75, 3.05) is 0 Å². The summed E-state index contributed by atoms with van der Waals surface area (Å²) in [6.07, 6.45) is 5.22. The van der Waals surface area contributed by atoms with Gasteiger partial charge in [-0.3, -0.25) is 0 Å². The van der Waals surface area contributed by atoms with Crippen LogP contribution in [-0.2, 0) is 0 Å². The third-order valence-electron chi connectivity index (χ3n) is 4.43. The Morgan fingerprint density at radius 1 is 1.21 bits per heavy atom. The van der Waals surface area contributed by atoms with Crippen molar-refractivity contribution >= 4 is 0 Å². The van der Waals surface area contributed by atoms with Crippen LogP contribution in [-0.4, -0.2) is 6.04 Å². The Hall–Kier alpha value is -0.890. The molecule has 1 N–H and O–H groups in total. The van der Waals surface area contributed by atoms with Crippen LogP contribution in [0.2, 0.25) is 0 Å². The van der Waals surface area contributed by atoms with Gasteiger partial charge < -0.3 is 5.32 Å². The van der Waals surface area contributed by atoms with E-state index in [-0.39, 0.29) is 5.82 Å². The lowest BCUT2D eigenvalue weighted by Crippen LogP contribution is -2.33. The van der Waals surface area contributed by atoms with E-state index in [4.69, 9.17) is 0 Å². The normalized spacial score (nSPS) is 24.9. The van der Waals surface area contributed by atoms with Gasteiger partial charge in [0.15, 0.2) is 0 Å². The SMILES string of the molecule is CCC1CCC(NC(c2ccc(F)cc2)C(C)C)C1.